The molecule has 114 valence electrons. The molecule has 0 fully saturated rings. The van der Waals surface area contributed by atoms with E-state index < -0.39 is 6.36 Å². The lowest BCUT2D eigenvalue weighted by atomic mass is 10.1. The molecule has 0 unspecified atom stereocenters. The summed E-state index contributed by atoms with van der Waals surface area (Å²) in [6, 6.07) is 0. The first-order valence-corrected chi connectivity index (χ1v) is 6.35. The van der Waals surface area contributed by atoms with Crippen molar-refractivity contribution in [2.45, 2.75) is 39.0 Å². The third-order valence-corrected chi connectivity index (χ3v) is 2.39. The Morgan fingerprint density at radius 2 is 2.15 bits per heavy atom. The van der Waals surface area contributed by atoms with E-state index in [1.165, 1.54) is 6.08 Å². The number of esters is 1. The molecule has 0 N–H and O–H groups in total. The van der Waals surface area contributed by atoms with Crippen LogP contribution in [0.2, 0.25) is 0 Å². The van der Waals surface area contributed by atoms with Crippen LogP contribution in [-0.4, -0.2) is 25.5 Å². The molecule has 20 heavy (non-hydrogen) atoms. The minimum Gasteiger partial charge on any atom is -0.494 e. The monoisotopic (exact) mass is 294 g/mol. The molecular formula is C13H17F3O4. The lowest BCUT2D eigenvalue weighted by molar-refractivity contribution is -0.306. The maximum absolute atomic E-state index is 12.1. The van der Waals surface area contributed by atoms with Crippen LogP contribution in [0.1, 0.15) is 32.6 Å². The van der Waals surface area contributed by atoms with Crippen molar-refractivity contribution in [1.82, 2.24) is 0 Å². The summed E-state index contributed by atoms with van der Waals surface area (Å²) in [5, 5.41) is 0. The van der Waals surface area contributed by atoms with Crippen LogP contribution in [-0.2, 0) is 19.0 Å². The number of alkyl halides is 3. The summed E-state index contributed by atoms with van der Waals surface area (Å²) in [5.74, 6) is -0.148. The zero-order valence-electron chi connectivity index (χ0n) is 11.2. The first-order chi connectivity index (χ1) is 9.40. The van der Waals surface area contributed by atoms with Crippen LogP contribution in [0.5, 0.6) is 0 Å². The Kier molecular flexibility index (Phi) is 6.41. The number of rotatable bonds is 7. The van der Waals surface area contributed by atoms with Gasteiger partial charge in [-0.05, 0) is 25.8 Å². The van der Waals surface area contributed by atoms with Gasteiger partial charge in [0.15, 0.2) is 0 Å². The van der Waals surface area contributed by atoms with Crippen molar-refractivity contribution in [3.63, 3.8) is 0 Å². The second-order valence-corrected chi connectivity index (χ2v) is 4.06. The Labute approximate surface area is 115 Å². The molecule has 0 aromatic heterocycles. The van der Waals surface area contributed by atoms with Crippen molar-refractivity contribution in [3.05, 3.63) is 23.7 Å². The van der Waals surface area contributed by atoms with E-state index in [1.54, 1.807) is 13.0 Å². The molecular weight excluding hydrogens is 277 g/mol. The number of ether oxygens (including phenoxy) is 3. The summed E-state index contributed by atoms with van der Waals surface area (Å²) < 4.78 is 50.1. The van der Waals surface area contributed by atoms with Gasteiger partial charge in [0, 0.05) is 18.9 Å². The lowest BCUT2D eigenvalue weighted by Crippen LogP contribution is -2.14. The molecule has 1 aliphatic carbocycles. The van der Waals surface area contributed by atoms with Gasteiger partial charge in [-0.3, -0.25) is 4.79 Å². The molecule has 0 atom stereocenters. The van der Waals surface area contributed by atoms with Gasteiger partial charge in [-0.2, -0.15) is 0 Å². The fourth-order valence-electron chi connectivity index (χ4n) is 1.62. The molecule has 0 aromatic rings. The second kappa shape index (κ2) is 7.81. The highest BCUT2D eigenvalue weighted by atomic mass is 19.4. The van der Waals surface area contributed by atoms with Gasteiger partial charge in [-0.15, -0.1) is 13.2 Å². The van der Waals surface area contributed by atoms with E-state index in [9.17, 15) is 18.0 Å². The van der Waals surface area contributed by atoms with Crippen LogP contribution in [0.25, 0.3) is 0 Å². The van der Waals surface area contributed by atoms with E-state index in [2.05, 4.69) is 4.74 Å². The van der Waals surface area contributed by atoms with Crippen molar-refractivity contribution >= 4 is 5.97 Å². The second-order valence-electron chi connectivity index (χ2n) is 4.06. The number of allylic oxidation sites excluding steroid dienone is 3. The van der Waals surface area contributed by atoms with Gasteiger partial charge in [0.05, 0.1) is 13.2 Å². The molecule has 0 amide bonds. The normalized spacial score (nSPS) is 15.2. The van der Waals surface area contributed by atoms with Gasteiger partial charge in [0.1, 0.15) is 11.5 Å². The van der Waals surface area contributed by atoms with E-state index in [0.29, 0.717) is 25.2 Å². The number of carbonyl (C=O) groups is 1. The molecule has 1 aliphatic rings. The van der Waals surface area contributed by atoms with Gasteiger partial charge in [-0.1, -0.05) is 0 Å². The highest BCUT2D eigenvalue weighted by Crippen LogP contribution is 2.27. The summed E-state index contributed by atoms with van der Waals surface area (Å²) in [7, 11) is 0. The zero-order chi connectivity index (χ0) is 15.0. The van der Waals surface area contributed by atoms with Crippen molar-refractivity contribution in [2.75, 3.05) is 13.2 Å². The van der Waals surface area contributed by atoms with Gasteiger partial charge in [0.2, 0.25) is 0 Å². The molecule has 0 saturated carbocycles. The molecule has 0 bridgehead atoms. The highest BCUT2D eigenvalue weighted by molar-refractivity contribution is 5.69. The predicted molar refractivity (Wildman–Crippen MR) is 64.4 cm³/mol. The molecule has 0 spiro atoms. The highest BCUT2D eigenvalue weighted by Gasteiger charge is 2.32. The van der Waals surface area contributed by atoms with Gasteiger partial charge in [-0.25, -0.2) is 0 Å². The van der Waals surface area contributed by atoms with Crippen LogP contribution < -0.4 is 0 Å². The molecule has 1 rings (SSSR count). The topological polar surface area (TPSA) is 44.8 Å². The van der Waals surface area contributed by atoms with Crippen molar-refractivity contribution in [3.8, 4) is 0 Å². The largest absolute Gasteiger partial charge is 0.572 e. The molecule has 0 aliphatic heterocycles. The van der Waals surface area contributed by atoms with Gasteiger partial charge in [0.25, 0.3) is 0 Å². The van der Waals surface area contributed by atoms with Crippen LogP contribution >= 0.6 is 0 Å². The minimum atomic E-state index is -4.68. The first-order valence-electron chi connectivity index (χ1n) is 6.35. The summed E-state index contributed by atoms with van der Waals surface area (Å²) in [6.07, 6.45) is -0.492. The Morgan fingerprint density at radius 1 is 1.40 bits per heavy atom. The average Bonchev–Trinajstić information content (AvgIpc) is 2.33. The van der Waals surface area contributed by atoms with E-state index in [0.717, 1.165) is 0 Å². The summed E-state index contributed by atoms with van der Waals surface area (Å²) in [4.78, 5) is 11.1. The minimum absolute atomic E-state index is 0.166. The smallest absolute Gasteiger partial charge is 0.494 e. The number of hydrogen-bond acceptors (Lipinski definition) is 4. The molecule has 0 aromatic carbocycles. The Morgan fingerprint density at radius 3 is 2.80 bits per heavy atom. The predicted octanol–water partition coefficient (Wildman–Crippen LogP) is 3.44. The summed E-state index contributed by atoms with van der Waals surface area (Å²) in [6.45, 7) is 2.28. The van der Waals surface area contributed by atoms with E-state index >= 15 is 0 Å². The fourth-order valence-corrected chi connectivity index (χ4v) is 1.62. The third-order valence-electron chi connectivity index (χ3n) is 2.39. The first kappa shape index (κ1) is 16.4. The van der Waals surface area contributed by atoms with Gasteiger partial charge >= 0.3 is 12.3 Å². The number of halogens is 3. The van der Waals surface area contributed by atoms with Crippen molar-refractivity contribution < 1.29 is 32.2 Å². The summed E-state index contributed by atoms with van der Waals surface area (Å²) in [5.41, 5.74) is 0. The summed E-state index contributed by atoms with van der Waals surface area (Å²) >= 11 is 0. The van der Waals surface area contributed by atoms with Crippen LogP contribution in [0.3, 0.4) is 0 Å². The van der Waals surface area contributed by atoms with Crippen LogP contribution in [0.4, 0.5) is 13.2 Å². The molecule has 7 heteroatoms. The number of hydrogen-bond donors (Lipinski definition) is 0. The quantitative estimate of drug-likeness (QED) is 0.533. The molecule has 0 heterocycles. The Hall–Kier alpha value is -1.66. The SMILES string of the molecule is CCOC(=O)CCCOC1=CCCC(OC(F)(F)F)=C1. The molecule has 0 radical (unpaired) electrons. The average molecular weight is 294 g/mol. The molecule has 4 nitrogen and oxygen atoms in total. The van der Waals surface area contributed by atoms with Crippen molar-refractivity contribution in [1.29, 1.82) is 0 Å². The van der Waals surface area contributed by atoms with Gasteiger partial charge < -0.3 is 14.2 Å². The fraction of sp³-hybridized carbons (Fsp3) is 0.615. The van der Waals surface area contributed by atoms with Crippen LogP contribution in [0.15, 0.2) is 23.7 Å². The number of carbonyl (C=O) groups excluding carboxylic acids is 1. The maximum Gasteiger partial charge on any atom is 0.572 e. The maximum atomic E-state index is 12.1. The zero-order valence-corrected chi connectivity index (χ0v) is 11.2. The van der Waals surface area contributed by atoms with Crippen molar-refractivity contribution in [2.24, 2.45) is 0 Å². The Balaban J connectivity index is 2.30. The van der Waals surface area contributed by atoms with Crippen LogP contribution in [0, 0.1) is 0 Å². The molecule has 0 saturated heterocycles. The van der Waals surface area contributed by atoms with E-state index in [1.807, 2.05) is 0 Å². The van der Waals surface area contributed by atoms with E-state index in [4.69, 9.17) is 9.47 Å². The standard InChI is InChI=1S/C13H17F3O4/c1-2-18-12(17)7-4-8-19-10-5-3-6-11(9-10)20-13(14,15)16/h5,9H,2-4,6-8H2,1H3. The Bertz CT molecular complexity index is 386. The third kappa shape index (κ3) is 7.06. The lowest BCUT2D eigenvalue weighted by Gasteiger charge is -2.16. The van der Waals surface area contributed by atoms with E-state index in [-0.39, 0.29) is 31.2 Å².